The van der Waals surface area contributed by atoms with Gasteiger partial charge >= 0.3 is 0 Å². The summed E-state index contributed by atoms with van der Waals surface area (Å²) < 4.78 is 0. The molecule has 0 atom stereocenters. The van der Waals surface area contributed by atoms with Crippen LogP contribution in [0.5, 0.6) is 0 Å². The van der Waals surface area contributed by atoms with E-state index < -0.39 is 0 Å². The molecule has 0 radical (unpaired) electrons. The Morgan fingerprint density at radius 1 is 0.167 bits per heavy atom. The molecule has 0 aliphatic heterocycles. The van der Waals surface area contributed by atoms with Crippen LogP contribution in [0.25, 0.3) is 101 Å². The van der Waals surface area contributed by atoms with Gasteiger partial charge in [-0.25, -0.2) is 15.0 Å². The average molecular weight is 766 g/mol. The highest BCUT2D eigenvalue weighted by atomic mass is 14.9. The van der Waals surface area contributed by atoms with Crippen molar-refractivity contribution in [3.8, 4) is 101 Å². The third-order valence-electron chi connectivity index (χ3n) is 10.9. The summed E-state index contributed by atoms with van der Waals surface area (Å²) >= 11 is 0. The Morgan fingerprint density at radius 3 is 0.900 bits per heavy atom. The molecule has 8 aromatic carbocycles. The van der Waals surface area contributed by atoms with Gasteiger partial charge in [0.2, 0.25) is 0 Å². The Labute approximate surface area is 351 Å². The second-order valence-electron chi connectivity index (χ2n) is 14.9. The molecular formula is C57H39N3. The van der Waals surface area contributed by atoms with E-state index in [4.69, 9.17) is 15.0 Å². The van der Waals surface area contributed by atoms with Gasteiger partial charge in [0.05, 0.1) is 22.8 Å². The number of hydrogen-bond donors (Lipinski definition) is 0. The number of hydrogen-bond acceptors (Lipinski definition) is 3. The van der Waals surface area contributed by atoms with Crippen molar-refractivity contribution >= 4 is 0 Å². The number of pyridine rings is 1. The molecule has 10 rings (SSSR count). The summed E-state index contributed by atoms with van der Waals surface area (Å²) in [6.45, 7) is 0. The van der Waals surface area contributed by atoms with Gasteiger partial charge in [-0.1, -0.05) is 188 Å². The summed E-state index contributed by atoms with van der Waals surface area (Å²) in [6, 6.07) is 83.0. The molecular weight excluding hydrogens is 727 g/mol. The topological polar surface area (TPSA) is 38.7 Å². The lowest BCUT2D eigenvalue weighted by atomic mass is 9.91. The van der Waals surface area contributed by atoms with Gasteiger partial charge in [0.1, 0.15) is 0 Å². The van der Waals surface area contributed by atoms with Gasteiger partial charge in [0.15, 0.2) is 5.82 Å². The van der Waals surface area contributed by atoms with Crippen molar-refractivity contribution in [2.75, 3.05) is 0 Å². The van der Waals surface area contributed by atoms with Crippen LogP contribution in [0, 0.1) is 0 Å². The molecule has 0 amide bonds. The molecule has 0 aliphatic carbocycles. The van der Waals surface area contributed by atoms with E-state index in [0.717, 1.165) is 95.1 Å². The third-order valence-corrected chi connectivity index (χ3v) is 10.9. The van der Waals surface area contributed by atoms with E-state index >= 15 is 0 Å². The molecule has 282 valence electrons. The Bertz CT molecular complexity index is 2750. The van der Waals surface area contributed by atoms with Crippen molar-refractivity contribution in [1.82, 2.24) is 15.0 Å². The zero-order chi connectivity index (χ0) is 40.1. The fourth-order valence-electron chi connectivity index (χ4n) is 7.78. The maximum atomic E-state index is 5.24. The van der Waals surface area contributed by atoms with E-state index in [1.54, 1.807) is 0 Å². The minimum absolute atomic E-state index is 0.699. The van der Waals surface area contributed by atoms with Crippen LogP contribution in [-0.2, 0) is 0 Å². The molecule has 0 saturated carbocycles. The standard InChI is InChI=1S/C57H39N3/c1-6-18-40(19-7-1)49-34-50(45-28-16-30-47(32-45)54-38-52(41-20-8-2-9-21-41)37-53(58-54)42-22-10-3-11-23-42)36-51(35-49)46-29-17-31-48(33-46)56-39-55(43-24-12-4-13-25-43)59-57(60-56)44-26-14-5-15-27-44/h1-39H. The van der Waals surface area contributed by atoms with E-state index in [1.807, 2.05) is 42.5 Å². The van der Waals surface area contributed by atoms with Crippen molar-refractivity contribution < 1.29 is 0 Å². The van der Waals surface area contributed by atoms with Crippen LogP contribution >= 0.6 is 0 Å². The van der Waals surface area contributed by atoms with Gasteiger partial charge < -0.3 is 0 Å². The first-order valence-electron chi connectivity index (χ1n) is 20.3. The van der Waals surface area contributed by atoms with Gasteiger partial charge in [-0.05, 0) is 93.0 Å². The van der Waals surface area contributed by atoms with E-state index in [-0.39, 0.29) is 0 Å². The molecule has 0 aliphatic rings. The van der Waals surface area contributed by atoms with Crippen molar-refractivity contribution in [2.45, 2.75) is 0 Å². The van der Waals surface area contributed by atoms with Crippen LogP contribution in [0.15, 0.2) is 237 Å². The predicted molar refractivity (Wildman–Crippen MR) is 249 cm³/mol. The van der Waals surface area contributed by atoms with Crippen LogP contribution in [0.1, 0.15) is 0 Å². The molecule has 0 fully saturated rings. The second-order valence-corrected chi connectivity index (χ2v) is 14.9. The molecule has 3 heteroatoms. The summed E-state index contributed by atoms with van der Waals surface area (Å²) in [6.07, 6.45) is 0. The number of rotatable bonds is 9. The summed E-state index contributed by atoms with van der Waals surface area (Å²) in [4.78, 5) is 15.4. The highest BCUT2D eigenvalue weighted by Crippen LogP contribution is 2.37. The van der Waals surface area contributed by atoms with Crippen molar-refractivity contribution in [2.24, 2.45) is 0 Å². The highest BCUT2D eigenvalue weighted by Gasteiger charge is 2.15. The van der Waals surface area contributed by atoms with E-state index in [0.29, 0.717) is 5.82 Å². The SMILES string of the molecule is c1ccc(-c2cc(-c3cccc(-c4cc(-c5ccccc5)cc(-c5ccccc5)n4)c3)cc(-c3cccc(-c4cc(-c5ccccc5)nc(-c5ccccc5)n4)c3)c2)cc1. The molecule has 0 bridgehead atoms. The fraction of sp³-hybridized carbons (Fsp3) is 0. The summed E-state index contributed by atoms with van der Waals surface area (Å²) in [5.41, 5.74) is 17.9. The fourth-order valence-corrected chi connectivity index (χ4v) is 7.78. The highest BCUT2D eigenvalue weighted by molar-refractivity contribution is 5.85. The minimum Gasteiger partial charge on any atom is -0.248 e. The first kappa shape index (κ1) is 36.3. The normalized spacial score (nSPS) is 11.0. The monoisotopic (exact) mass is 765 g/mol. The molecule has 0 N–H and O–H groups in total. The largest absolute Gasteiger partial charge is 0.248 e. The molecule has 10 aromatic rings. The average Bonchev–Trinajstić information content (AvgIpc) is 3.35. The number of nitrogens with zero attached hydrogens (tertiary/aromatic N) is 3. The molecule has 3 nitrogen and oxygen atoms in total. The maximum absolute atomic E-state index is 5.24. The lowest BCUT2D eigenvalue weighted by Crippen LogP contribution is -1.96. The molecule has 0 saturated heterocycles. The van der Waals surface area contributed by atoms with Gasteiger partial charge in [-0.15, -0.1) is 0 Å². The quantitative estimate of drug-likeness (QED) is 0.147. The Morgan fingerprint density at radius 2 is 0.450 bits per heavy atom. The van der Waals surface area contributed by atoms with Crippen LogP contribution in [0.4, 0.5) is 0 Å². The zero-order valence-corrected chi connectivity index (χ0v) is 32.9. The first-order valence-corrected chi connectivity index (χ1v) is 20.3. The summed E-state index contributed by atoms with van der Waals surface area (Å²) in [5.74, 6) is 0.699. The first-order chi connectivity index (χ1) is 29.7. The van der Waals surface area contributed by atoms with Crippen molar-refractivity contribution in [1.29, 1.82) is 0 Å². The Hall–Kier alpha value is -8.01. The van der Waals surface area contributed by atoms with Crippen LogP contribution < -0.4 is 0 Å². The molecule has 0 spiro atoms. The van der Waals surface area contributed by atoms with Crippen molar-refractivity contribution in [3.63, 3.8) is 0 Å². The van der Waals surface area contributed by atoms with Gasteiger partial charge in [0, 0.05) is 27.8 Å². The van der Waals surface area contributed by atoms with E-state index in [2.05, 4.69) is 194 Å². The smallest absolute Gasteiger partial charge is 0.160 e. The Balaban J connectivity index is 1.09. The van der Waals surface area contributed by atoms with Crippen LogP contribution in [-0.4, -0.2) is 15.0 Å². The molecule has 60 heavy (non-hydrogen) atoms. The lowest BCUT2D eigenvalue weighted by Gasteiger charge is -2.14. The van der Waals surface area contributed by atoms with Crippen molar-refractivity contribution in [3.05, 3.63) is 237 Å². The lowest BCUT2D eigenvalue weighted by molar-refractivity contribution is 1.18. The van der Waals surface area contributed by atoms with Crippen LogP contribution in [0.3, 0.4) is 0 Å². The van der Waals surface area contributed by atoms with E-state index in [1.165, 1.54) is 0 Å². The minimum atomic E-state index is 0.699. The van der Waals surface area contributed by atoms with Gasteiger partial charge in [-0.2, -0.15) is 0 Å². The van der Waals surface area contributed by atoms with Crippen LogP contribution in [0.2, 0.25) is 0 Å². The Kier molecular flexibility index (Phi) is 9.97. The van der Waals surface area contributed by atoms with E-state index in [9.17, 15) is 0 Å². The molecule has 0 unspecified atom stereocenters. The molecule has 2 heterocycles. The summed E-state index contributed by atoms with van der Waals surface area (Å²) in [7, 11) is 0. The predicted octanol–water partition coefficient (Wildman–Crippen LogP) is 14.9. The third kappa shape index (κ3) is 7.80. The number of aromatic nitrogens is 3. The summed E-state index contributed by atoms with van der Waals surface area (Å²) in [5, 5.41) is 0. The van der Waals surface area contributed by atoms with Gasteiger partial charge in [0.25, 0.3) is 0 Å². The zero-order valence-electron chi connectivity index (χ0n) is 32.9. The maximum Gasteiger partial charge on any atom is 0.160 e. The molecule has 2 aromatic heterocycles. The van der Waals surface area contributed by atoms with Gasteiger partial charge in [-0.3, -0.25) is 0 Å². The second kappa shape index (κ2) is 16.5. The number of benzene rings is 8.